The van der Waals surface area contributed by atoms with Crippen molar-refractivity contribution in [3.05, 3.63) is 0 Å². The number of carbonyl (C=O) groups excluding carboxylic acids is 1. The zero-order valence-corrected chi connectivity index (χ0v) is 12.1. The number of nitrogens with zero attached hydrogens (tertiary/aromatic N) is 1. The van der Waals surface area contributed by atoms with Crippen LogP contribution in [0.2, 0.25) is 0 Å². The Hall–Kier alpha value is -0.770. The molecule has 18 heavy (non-hydrogen) atoms. The van der Waals surface area contributed by atoms with Crippen LogP contribution in [0, 0.1) is 11.8 Å². The largest absolute Gasteiger partial charge is 0.393 e. The first kappa shape index (κ1) is 15.3. The van der Waals surface area contributed by atoms with Gasteiger partial charge in [0, 0.05) is 25.6 Å². The summed E-state index contributed by atoms with van der Waals surface area (Å²) in [6.45, 7) is 7.00. The third-order valence-corrected chi connectivity index (χ3v) is 3.67. The SMILES string of the molecule is CC(C)CC(C)NC(=O)N(C)CC1CCCC1O. The lowest BCUT2D eigenvalue weighted by Gasteiger charge is -2.25. The number of urea groups is 1. The Labute approximate surface area is 111 Å². The van der Waals surface area contributed by atoms with Crippen molar-refractivity contribution in [1.82, 2.24) is 10.2 Å². The molecule has 2 N–H and O–H groups in total. The lowest BCUT2D eigenvalue weighted by atomic mass is 10.1. The second-order valence-corrected chi connectivity index (χ2v) is 6.12. The van der Waals surface area contributed by atoms with Crippen molar-refractivity contribution in [2.75, 3.05) is 13.6 Å². The molecule has 0 heterocycles. The predicted octanol–water partition coefficient (Wildman–Crippen LogP) is 2.22. The van der Waals surface area contributed by atoms with Crippen molar-refractivity contribution in [2.45, 2.75) is 58.6 Å². The van der Waals surface area contributed by atoms with Gasteiger partial charge in [0.25, 0.3) is 0 Å². The topological polar surface area (TPSA) is 52.6 Å². The number of hydrogen-bond acceptors (Lipinski definition) is 2. The van der Waals surface area contributed by atoms with Crippen molar-refractivity contribution in [3.63, 3.8) is 0 Å². The monoisotopic (exact) mass is 256 g/mol. The lowest BCUT2D eigenvalue weighted by Crippen LogP contribution is -2.44. The van der Waals surface area contributed by atoms with E-state index in [1.807, 2.05) is 14.0 Å². The van der Waals surface area contributed by atoms with E-state index in [2.05, 4.69) is 19.2 Å². The van der Waals surface area contributed by atoms with E-state index in [1.54, 1.807) is 4.90 Å². The van der Waals surface area contributed by atoms with Gasteiger partial charge in [-0.15, -0.1) is 0 Å². The fourth-order valence-electron chi connectivity index (χ4n) is 2.75. The number of nitrogens with one attached hydrogen (secondary N) is 1. The van der Waals surface area contributed by atoms with E-state index in [1.165, 1.54) is 0 Å². The van der Waals surface area contributed by atoms with Gasteiger partial charge in [-0.3, -0.25) is 0 Å². The number of hydrogen-bond donors (Lipinski definition) is 2. The average molecular weight is 256 g/mol. The maximum Gasteiger partial charge on any atom is 0.317 e. The fraction of sp³-hybridized carbons (Fsp3) is 0.929. The van der Waals surface area contributed by atoms with E-state index in [9.17, 15) is 9.90 Å². The molecule has 1 aliphatic rings. The quantitative estimate of drug-likeness (QED) is 0.792. The molecule has 1 saturated carbocycles. The van der Waals surface area contributed by atoms with Gasteiger partial charge in [0.05, 0.1) is 6.10 Å². The zero-order valence-electron chi connectivity index (χ0n) is 12.1. The Kier molecular flexibility index (Phi) is 5.93. The highest BCUT2D eigenvalue weighted by Crippen LogP contribution is 2.25. The molecule has 1 rings (SSSR count). The summed E-state index contributed by atoms with van der Waals surface area (Å²) in [4.78, 5) is 13.7. The van der Waals surface area contributed by atoms with Crippen molar-refractivity contribution in [3.8, 4) is 0 Å². The van der Waals surface area contributed by atoms with Gasteiger partial charge in [-0.1, -0.05) is 20.3 Å². The lowest BCUT2D eigenvalue weighted by molar-refractivity contribution is 0.113. The molecule has 0 aliphatic heterocycles. The van der Waals surface area contributed by atoms with Crippen LogP contribution < -0.4 is 5.32 Å². The van der Waals surface area contributed by atoms with Gasteiger partial charge in [-0.25, -0.2) is 4.79 Å². The molecule has 1 fully saturated rings. The van der Waals surface area contributed by atoms with Gasteiger partial charge >= 0.3 is 6.03 Å². The minimum absolute atomic E-state index is 0.0257. The van der Waals surface area contributed by atoms with E-state index in [-0.39, 0.29) is 24.1 Å². The first-order valence-corrected chi connectivity index (χ1v) is 7.09. The van der Waals surface area contributed by atoms with Crippen LogP contribution in [0.25, 0.3) is 0 Å². The maximum atomic E-state index is 12.0. The molecule has 2 amide bonds. The van der Waals surface area contributed by atoms with Gasteiger partial charge in [-0.2, -0.15) is 0 Å². The molecule has 0 aromatic heterocycles. The molecular weight excluding hydrogens is 228 g/mol. The minimum Gasteiger partial charge on any atom is -0.393 e. The third kappa shape index (κ3) is 4.84. The summed E-state index contributed by atoms with van der Waals surface area (Å²) < 4.78 is 0. The highest BCUT2D eigenvalue weighted by Gasteiger charge is 2.27. The van der Waals surface area contributed by atoms with E-state index < -0.39 is 0 Å². The molecule has 4 heteroatoms. The summed E-state index contributed by atoms with van der Waals surface area (Å²) in [5.74, 6) is 0.836. The van der Waals surface area contributed by atoms with Crippen LogP contribution in [0.15, 0.2) is 0 Å². The first-order valence-electron chi connectivity index (χ1n) is 7.09. The van der Waals surface area contributed by atoms with E-state index in [0.717, 1.165) is 25.7 Å². The molecule has 0 aromatic carbocycles. The van der Waals surface area contributed by atoms with Gasteiger partial charge in [0.15, 0.2) is 0 Å². The van der Waals surface area contributed by atoms with Crippen LogP contribution in [-0.2, 0) is 0 Å². The average Bonchev–Trinajstić information content (AvgIpc) is 2.62. The van der Waals surface area contributed by atoms with Gasteiger partial charge in [0.2, 0.25) is 0 Å². The maximum absolute atomic E-state index is 12.0. The number of carbonyl (C=O) groups is 1. The molecule has 0 aromatic rings. The summed E-state index contributed by atoms with van der Waals surface area (Å²) in [5.41, 5.74) is 0. The van der Waals surface area contributed by atoms with Crippen molar-refractivity contribution < 1.29 is 9.90 Å². The predicted molar refractivity (Wildman–Crippen MR) is 73.4 cm³/mol. The summed E-state index contributed by atoms with van der Waals surface area (Å²) in [7, 11) is 1.81. The van der Waals surface area contributed by atoms with E-state index in [4.69, 9.17) is 0 Å². The fourth-order valence-corrected chi connectivity index (χ4v) is 2.75. The van der Waals surface area contributed by atoms with Crippen LogP contribution in [0.5, 0.6) is 0 Å². The number of amides is 2. The summed E-state index contributed by atoms with van der Waals surface area (Å²) in [5, 5.41) is 12.8. The second-order valence-electron chi connectivity index (χ2n) is 6.12. The van der Waals surface area contributed by atoms with Crippen LogP contribution in [0.3, 0.4) is 0 Å². The van der Waals surface area contributed by atoms with E-state index >= 15 is 0 Å². The molecular formula is C14H28N2O2. The first-order chi connectivity index (χ1) is 8.40. The third-order valence-electron chi connectivity index (χ3n) is 3.67. The molecule has 106 valence electrons. The Morgan fingerprint density at radius 1 is 1.39 bits per heavy atom. The molecule has 3 atom stereocenters. The van der Waals surface area contributed by atoms with Crippen LogP contribution in [-0.4, -0.2) is 41.8 Å². The standard InChI is InChI=1S/C14H28N2O2/c1-10(2)8-11(3)15-14(18)16(4)9-12-6-5-7-13(12)17/h10-13,17H,5-9H2,1-4H3,(H,15,18). The van der Waals surface area contributed by atoms with Crippen molar-refractivity contribution >= 4 is 6.03 Å². The van der Waals surface area contributed by atoms with Crippen LogP contribution in [0.1, 0.15) is 46.5 Å². The molecule has 0 bridgehead atoms. The zero-order chi connectivity index (χ0) is 13.7. The van der Waals surface area contributed by atoms with Crippen molar-refractivity contribution in [2.24, 2.45) is 11.8 Å². The van der Waals surface area contributed by atoms with Gasteiger partial charge in [0.1, 0.15) is 0 Å². The summed E-state index contributed by atoms with van der Waals surface area (Å²) in [6, 6.07) is 0.177. The van der Waals surface area contributed by atoms with Gasteiger partial charge in [-0.05, 0) is 32.1 Å². The Bertz CT molecular complexity index is 269. The Morgan fingerprint density at radius 3 is 2.56 bits per heavy atom. The molecule has 3 unspecified atom stereocenters. The highest BCUT2D eigenvalue weighted by molar-refractivity contribution is 5.74. The normalized spacial score (nSPS) is 25.2. The molecule has 0 spiro atoms. The molecule has 0 saturated heterocycles. The van der Waals surface area contributed by atoms with Gasteiger partial charge < -0.3 is 15.3 Å². The highest BCUT2D eigenvalue weighted by atomic mass is 16.3. The molecule has 0 radical (unpaired) electrons. The number of aliphatic hydroxyl groups excluding tert-OH is 1. The Morgan fingerprint density at radius 2 is 2.06 bits per heavy atom. The van der Waals surface area contributed by atoms with E-state index in [0.29, 0.717) is 12.5 Å². The smallest absolute Gasteiger partial charge is 0.317 e. The summed E-state index contributed by atoms with van der Waals surface area (Å²) >= 11 is 0. The molecule has 4 nitrogen and oxygen atoms in total. The number of aliphatic hydroxyl groups is 1. The number of rotatable bonds is 5. The minimum atomic E-state index is -0.228. The van der Waals surface area contributed by atoms with Crippen molar-refractivity contribution in [1.29, 1.82) is 0 Å². The summed E-state index contributed by atoms with van der Waals surface area (Å²) in [6.07, 6.45) is 3.74. The van der Waals surface area contributed by atoms with Crippen LogP contribution >= 0.6 is 0 Å². The Balaban J connectivity index is 2.32. The molecule has 1 aliphatic carbocycles. The second kappa shape index (κ2) is 6.98. The van der Waals surface area contributed by atoms with Crippen LogP contribution in [0.4, 0.5) is 4.79 Å².